The van der Waals surface area contributed by atoms with E-state index in [0.29, 0.717) is 0 Å². The van der Waals surface area contributed by atoms with Crippen LogP contribution in [0.5, 0.6) is 0 Å². The number of aliphatic hydroxyl groups is 3. The van der Waals surface area contributed by atoms with Crippen LogP contribution in [0.3, 0.4) is 0 Å². The summed E-state index contributed by atoms with van der Waals surface area (Å²) in [6.07, 6.45) is -1.82. The lowest BCUT2D eigenvalue weighted by atomic mass is 9.95. The number of ether oxygens (including phenoxy) is 1. The second-order valence-corrected chi connectivity index (χ2v) is 6.18. The number of fused-ring (bicyclic) bond motifs is 1. The van der Waals surface area contributed by atoms with Crippen LogP contribution in [0.2, 0.25) is 0 Å². The Morgan fingerprint density at radius 3 is 2.80 bits per heavy atom. The molecule has 20 heavy (non-hydrogen) atoms. The number of amidine groups is 1. The minimum Gasteiger partial charge on any atom is -0.388 e. The quantitative estimate of drug-likeness (QED) is 0.623. The van der Waals surface area contributed by atoms with Crippen molar-refractivity contribution in [3.05, 3.63) is 12.7 Å². The largest absolute Gasteiger partial charge is 0.388 e. The average molecular weight is 302 g/mol. The second kappa shape index (κ2) is 6.44. The van der Waals surface area contributed by atoms with Crippen LogP contribution in [-0.4, -0.2) is 74.9 Å². The second-order valence-electron chi connectivity index (χ2n) is 5.12. The van der Waals surface area contributed by atoms with Crippen molar-refractivity contribution in [2.75, 3.05) is 13.6 Å². The number of hydrogen-bond acceptors (Lipinski definition) is 7. The Morgan fingerprint density at radius 1 is 1.50 bits per heavy atom. The van der Waals surface area contributed by atoms with Crippen LogP contribution in [0.4, 0.5) is 0 Å². The molecule has 0 aliphatic carbocycles. The Bertz CT molecular complexity index is 393. The van der Waals surface area contributed by atoms with Crippen LogP contribution in [-0.2, 0) is 4.74 Å². The number of nitrogens with zero attached hydrogens (tertiary/aromatic N) is 2. The molecule has 0 aromatic carbocycles. The maximum Gasteiger partial charge on any atom is 0.162 e. The first-order valence-corrected chi connectivity index (χ1v) is 7.65. The number of aliphatic hydroxyl groups excluding tert-OH is 3. The van der Waals surface area contributed by atoms with Gasteiger partial charge in [0.25, 0.3) is 0 Å². The Morgan fingerprint density at radius 2 is 2.20 bits per heavy atom. The summed E-state index contributed by atoms with van der Waals surface area (Å²) in [5, 5.41) is 30.8. The van der Waals surface area contributed by atoms with E-state index in [2.05, 4.69) is 18.5 Å². The highest BCUT2D eigenvalue weighted by Gasteiger charge is 2.50. The van der Waals surface area contributed by atoms with Crippen molar-refractivity contribution >= 4 is 16.9 Å². The van der Waals surface area contributed by atoms with Gasteiger partial charge in [-0.3, -0.25) is 4.99 Å². The van der Waals surface area contributed by atoms with Crippen LogP contribution >= 0.6 is 11.8 Å². The van der Waals surface area contributed by atoms with Crippen molar-refractivity contribution in [3.8, 4) is 0 Å². The fourth-order valence-electron chi connectivity index (χ4n) is 2.41. The first-order valence-electron chi connectivity index (χ1n) is 6.77. The molecule has 2 rings (SSSR count). The lowest BCUT2D eigenvalue weighted by molar-refractivity contribution is -0.176. The Balaban J connectivity index is 2.11. The number of aliphatic imine (C=N–C) groups is 1. The molecule has 2 aliphatic heterocycles. The van der Waals surface area contributed by atoms with E-state index in [0.717, 1.165) is 18.1 Å². The number of hydrogen-bond donors (Lipinski definition) is 3. The molecular formula is C13H22N2O4S. The van der Waals surface area contributed by atoms with Gasteiger partial charge in [0.1, 0.15) is 35.9 Å². The highest BCUT2D eigenvalue weighted by Crippen LogP contribution is 2.38. The van der Waals surface area contributed by atoms with E-state index in [1.165, 1.54) is 17.8 Å². The highest BCUT2D eigenvalue weighted by molar-refractivity contribution is 8.14. The minimum atomic E-state index is -1.18. The molecular weight excluding hydrogens is 280 g/mol. The molecule has 0 spiro atoms. The maximum absolute atomic E-state index is 10.2. The third kappa shape index (κ3) is 2.87. The van der Waals surface area contributed by atoms with Gasteiger partial charge in [0.15, 0.2) is 5.17 Å². The van der Waals surface area contributed by atoms with Gasteiger partial charge in [0.05, 0.1) is 0 Å². The molecule has 0 saturated carbocycles. The average Bonchev–Trinajstić information content (AvgIpc) is 2.86. The van der Waals surface area contributed by atoms with Gasteiger partial charge < -0.3 is 25.0 Å². The van der Waals surface area contributed by atoms with Crippen LogP contribution in [0, 0.1) is 0 Å². The topological polar surface area (TPSA) is 85.5 Å². The number of thioether (sulfide) groups is 1. The fraction of sp³-hybridized carbons (Fsp3) is 0.769. The summed E-state index contributed by atoms with van der Waals surface area (Å²) in [5.74, 6) is 0. The lowest BCUT2D eigenvalue weighted by Gasteiger charge is -2.39. The van der Waals surface area contributed by atoms with Crippen molar-refractivity contribution in [2.45, 2.75) is 49.2 Å². The first-order chi connectivity index (χ1) is 9.49. The molecule has 2 aliphatic rings. The number of rotatable bonds is 4. The third-order valence-electron chi connectivity index (χ3n) is 3.55. The molecule has 1 fully saturated rings. The van der Waals surface area contributed by atoms with E-state index in [9.17, 15) is 15.3 Å². The monoisotopic (exact) mass is 302 g/mol. The van der Waals surface area contributed by atoms with Crippen LogP contribution in [0.25, 0.3) is 0 Å². The van der Waals surface area contributed by atoms with Gasteiger partial charge in [-0.15, -0.1) is 6.58 Å². The van der Waals surface area contributed by atoms with Gasteiger partial charge in [-0.2, -0.15) is 0 Å². The summed E-state index contributed by atoms with van der Waals surface area (Å²) in [6.45, 7) is 6.42. The van der Waals surface area contributed by atoms with Gasteiger partial charge >= 0.3 is 0 Å². The van der Waals surface area contributed by atoms with Crippen molar-refractivity contribution in [2.24, 2.45) is 4.99 Å². The summed E-state index contributed by atoms with van der Waals surface area (Å²) in [5.41, 5.74) is -0.387. The molecule has 3 N–H and O–H groups in total. The molecule has 0 aromatic rings. The van der Waals surface area contributed by atoms with Crippen LogP contribution < -0.4 is 0 Å². The van der Waals surface area contributed by atoms with Gasteiger partial charge in [-0.1, -0.05) is 24.8 Å². The fourth-order valence-corrected chi connectivity index (χ4v) is 3.61. The van der Waals surface area contributed by atoms with E-state index in [1.54, 1.807) is 0 Å². The van der Waals surface area contributed by atoms with Gasteiger partial charge in [0, 0.05) is 13.6 Å². The molecule has 2 heterocycles. The standard InChI is InChI=1S/C13H22N2O4S/c1-4-6-15(3)13-14-8-9(17)10(18)11(7(16)5-2)19-12(8)20-13/h5,7-12,16-18H,2,4,6H2,1,3H3/t7?,8-,9-,10+,11-,12-/m1/s1. The zero-order chi connectivity index (χ0) is 14.9. The summed E-state index contributed by atoms with van der Waals surface area (Å²) >= 11 is 1.42. The SMILES string of the molecule is C=CC(O)[C@H]1O[C@@H]2SC(N(C)CCC)=N[C@@H]2[C@@H](O)[C@@H]1O. The van der Waals surface area contributed by atoms with Crippen LogP contribution in [0.15, 0.2) is 17.6 Å². The summed E-state index contributed by atoms with van der Waals surface area (Å²) < 4.78 is 5.69. The first kappa shape index (κ1) is 15.8. The minimum absolute atomic E-state index is 0.387. The Labute approximate surface area is 123 Å². The smallest absolute Gasteiger partial charge is 0.162 e. The molecule has 114 valence electrons. The molecule has 0 radical (unpaired) electrons. The summed E-state index contributed by atoms with van der Waals surface area (Å²) in [4.78, 5) is 6.45. The molecule has 1 unspecified atom stereocenters. The zero-order valence-corrected chi connectivity index (χ0v) is 12.5. The Hall–Kier alpha value is -0.600. The van der Waals surface area contributed by atoms with E-state index in [4.69, 9.17) is 4.74 Å². The van der Waals surface area contributed by atoms with Gasteiger partial charge in [0.2, 0.25) is 0 Å². The Kier molecular flexibility index (Phi) is 5.09. The van der Waals surface area contributed by atoms with E-state index in [1.807, 2.05) is 11.9 Å². The van der Waals surface area contributed by atoms with Gasteiger partial charge in [-0.25, -0.2) is 0 Å². The predicted octanol–water partition coefficient (Wildman–Crippen LogP) is -0.207. The van der Waals surface area contributed by atoms with E-state index < -0.39 is 30.5 Å². The molecule has 0 bridgehead atoms. The summed E-state index contributed by atoms with van der Waals surface area (Å²) in [7, 11) is 1.94. The molecule has 6 atom stereocenters. The molecule has 0 amide bonds. The highest BCUT2D eigenvalue weighted by atomic mass is 32.2. The molecule has 6 nitrogen and oxygen atoms in total. The lowest BCUT2D eigenvalue weighted by Crippen LogP contribution is -2.57. The summed E-state index contributed by atoms with van der Waals surface area (Å²) in [6, 6.07) is -0.502. The van der Waals surface area contributed by atoms with Crippen molar-refractivity contribution in [3.63, 3.8) is 0 Å². The normalized spacial score (nSPS) is 38.0. The maximum atomic E-state index is 10.2. The van der Waals surface area contributed by atoms with E-state index >= 15 is 0 Å². The van der Waals surface area contributed by atoms with Crippen molar-refractivity contribution < 1.29 is 20.1 Å². The van der Waals surface area contributed by atoms with Crippen molar-refractivity contribution in [1.29, 1.82) is 0 Å². The van der Waals surface area contributed by atoms with Crippen LogP contribution in [0.1, 0.15) is 13.3 Å². The molecule has 0 aromatic heterocycles. The van der Waals surface area contributed by atoms with Gasteiger partial charge in [-0.05, 0) is 6.42 Å². The third-order valence-corrected chi connectivity index (χ3v) is 4.80. The zero-order valence-electron chi connectivity index (χ0n) is 11.7. The van der Waals surface area contributed by atoms with E-state index in [-0.39, 0.29) is 5.44 Å². The predicted molar refractivity (Wildman–Crippen MR) is 78.6 cm³/mol. The molecule has 7 heteroatoms. The van der Waals surface area contributed by atoms with Crippen molar-refractivity contribution in [1.82, 2.24) is 4.90 Å². The molecule has 1 saturated heterocycles.